The molecule has 144 valence electrons. The number of nitrogens with one attached hydrogen (secondary N) is 2. The zero-order chi connectivity index (χ0) is 19.9. The third-order valence-corrected chi connectivity index (χ3v) is 4.36. The fraction of sp³-hybridized carbons (Fsp3) is 0.136. The van der Waals surface area contributed by atoms with Crippen molar-refractivity contribution in [2.75, 3.05) is 17.2 Å². The maximum atomic E-state index is 13.3. The molecule has 4 nitrogen and oxygen atoms in total. The lowest BCUT2D eigenvalue weighted by Crippen LogP contribution is -2.20. The number of ether oxygens (including phenoxy) is 1. The molecule has 0 fully saturated rings. The van der Waals surface area contributed by atoms with Gasteiger partial charge in [0.25, 0.3) is 5.91 Å². The van der Waals surface area contributed by atoms with Crippen LogP contribution in [0.4, 0.5) is 15.8 Å². The van der Waals surface area contributed by atoms with Crippen LogP contribution in [0, 0.1) is 12.7 Å². The first-order valence-corrected chi connectivity index (χ1v) is 9.15. The molecule has 0 bridgehead atoms. The summed E-state index contributed by atoms with van der Waals surface area (Å²) < 4.78 is 18.9. The van der Waals surface area contributed by atoms with Gasteiger partial charge in [-0.05, 0) is 43.3 Å². The highest BCUT2D eigenvalue weighted by molar-refractivity contribution is 6.31. The Morgan fingerprint density at radius 3 is 2.50 bits per heavy atom. The highest BCUT2D eigenvalue weighted by Gasteiger charge is 2.08. The molecule has 0 unspecified atom stereocenters. The van der Waals surface area contributed by atoms with E-state index in [1.807, 2.05) is 49.4 Å². The molecular formula is C22H20ClFN2O2. The Morgan fingerprint density at radius 2 is 1.75 bits per heavy atom. The molecule has 3 rings (SSSR count). The molecule has 0 spiro atoms. The van der Waals surface area contributed by atoms with E-state index in [2.05, 4.69) is 10.6 Å². The van der Waals surface area contributed by atoms with Crippen molar-refractivity contribution in [2.45, 2.75) is 13.5 Å². The number of benzene rings is 3. The number of hydrogen-bond donors (Lipinski definition) is 2. The highest BCUT2D eigenvalue weighted by Crippen LogP contribution is 2.22. The number of amides is 1. The van der Waals surface area contributed by atoms with Crippen molar-refractivity contribution in [3.05, 3.63) is 88.7 Å². The lowest BCUT2D eigenvalue weighted by Gasteiger charge is -2.13. The topological polar surface area (TPSA) is 50.4 Å². The van der Waals surface area contributed by atoms with Gasteiger partial charge in [-0.3, -0.25) is 4.79 Å². The summed E-state index contributed by atoms with van der Waals surface area (Å²) >= 11 is 5.80. The minimum Gasteiger partial charge on any atom is -0.483 e. The maximum absolute atomic E-state index is 13.3. The van der Waals surface area contributed by atoms with Gasteiger partial charge in [-0.2, -0.15) is 0 Å². The number of carbonyl (C=O) groups excluding carboxylic acids is 1. The minimum atomic E-state index is -0.462. The van der Waals surface area contributed by atoms with Gasteiger partial charge in [-0.1, -0.05) is 47.5 Å². The van der Waals surface area contributed by atoms with Crippen molar-refractivity contribution in [3.63, 3.8) is 0 Å². The van der Waals surface area contributed by atoms with Gasteiger partial charge in [0.05, 0.1) is 5.02 Å². The summed E-state index contributed by atoms with van der Waals surface area (Å²) in [4.78, 5) is 12.1. The Bertz CT molecular complexity index is 961. The molecule has 0 radical (unpaired) electrons. The number of hydrogen-bond acceptors (Lipinski definition) is 3. The van der Waals surface area contributed by atoms with Crippen molar-refractivity contribution in [2.24, 2.45) is 0 Å². The van der Waals surface area contributed by atoms with Gasteiger partial charge >= 0.3 is 0 Å². The van der Waals surface area contributed by atoms with Crippen molar-refractivity contribution >= 4 is 28.9 Å². The van der Waals surface area contributed by atoms with Gasteiger partial charge in [0.1, 0.15) is 11.6 Å². The maximum Gasteiger partial charge on any atom is 0.262 e. The standard InChI is InChI=1S/C22H20ClFN2O2/c1-15-6-8-17(9-7-15)26-22(27)14-28-21-5-3-2-4-16(21)13-25-18-10-11-20(24)19(23)12-18/h2-12,25H,13-14H2,1H3,(H,26,27). The zero-order valence-electron chi connectivity index (χ0n) is 15.3. The molecule has 0 aliphatic carbocycles. The average molecular weight is 399 g/mol. The van der Waals surface area contributed by atoms with E-state index in [4.69, 9.17) is 16.3 Å². The first-order chi connectivity index (χ1) is 13.5. The van der Waals surface area contributed by atoms with Crippen LogP contribution in [-0.4, -0.2) is 12.5 Å². The lowest BCUT2D eigenvalue weighted by molar-refractivity contribution is -0.118. The smallest absolute Gasteiger partial charge is 0.262 e. The van der Waals surface area contributed by atoms with Crippen LogP contribution in [0.1, 0.15) is 11.1 Å². The second-order valence-corrected chi connectivity index (χ2v) is 6.70. The van der Waals surface area contributed by atoms with Crippen LogP contribution < -0.4 is 15.4 Å². The molecule has 0 aliphatic heterocycles. The zero-order valence-corrected chi connectivity index (χ0v) is 16.1. The molecule has 0 aliphatic rings. The van der Waals surface area contributed by atoms with Crippen molar-refractivity contribution in [1.29, 1.82) is 0 Å². The summed E-state index contributed by atoms with van der Waals surface area (Å²) in [6.07, 6.45) is 0. The molecule has 0 aromatic heterocycles. The van der Waals surface area contributed by atoms with E-state index in [9.17, 15) is 9.18 Å². The van der Waals surface area contributed by atoms with E-state index >= 15 is 0 Å². The Morgan fingerprint density at radius 1 is 1.04 bits per heavy atom. The number of carbonyl (C=O) groups is 1. The SMILES string of the molecule is Cc1ccc(NC(=O)COc2ccccc2CNc2ccc(F)c(Cl)c2)cc1. The summed E-state index contributed by atoms with van der Waals surface area (Å²) in [7, 11) is 0. The summed E-state index contributed by atoms with van der Waals surface area (Å²) in [5.74, 6) is -0.102. The predicted molar refractivity (Wildman–Crippen MR) is 110 cm³/mol. The van der Waals surface area contributed by atoms with Crippen LogP contribution in [0.25, 0.3) is 0 Å². The van der Waals surface area contributed by atoms with E-state index in [1.54, 1.807) is 12.1 Å². The molecule has 0 heterocycles. The van der Waals surface area contributed by atoms with Gasteiger partial charge in [-0.15, -0.1) is 0 Å². The molecule has 1 amide bonds. The molecule has 28 heavy (non-hydrogen) atoms. The van der Waals surface area contributed by atoms with Crippen molar-refractivity contribution in [3.8, 4) is 5.75 Å². The summed E-state index contributed by atoms with van der Waals surface area (Å²) in [5.41, 5.74) is 3.41. The Balaban J connectivity index is 1.57. The molecule has 0 saturated heterocycles. The van der Waals surface area contributed by atoms with E-state index in [0.717, 1.165) is 16.8 Å². The molecule has 0 saturated carbocycles. The second kappa shape index (κ2) is 9.24. The van der Waals surface area contributed by atoms with Gasteiger partial charge < -0.3 is 15.4 Å². The van der Waals surface area contributed by atoms with Crippen LogP contribution in [0.2, 0.25) is 5.02 Å². The fourth-order valence-corrected chi connectivity index (χ4v) is 2.75. The number of halogens is 2. The van der Waals surface area contributed by atoms with Crippen LogP contribution in [0.3, 0.4) is 0 Å². The second-order valence-electron chi connectivity index (χ2n) is 6.29. The number of rotatable bonds is 7. The summed E-state index contributed by atoms with van der Waals surface area (Å²) in [6.45, 7) is 2.32. The van der Waals surface area contributed by atoms with Gasteiger partial charge in [0.15, 0.2) is 6.61 Å². The monoisotopic (exact) mass is 398 g/mol. The van der Waals surface area contributed by atoms with Crippen molar-refractivity contribution < 1.29 is 13.9 Å². The van der Waals surface area contributed by atoms with Crippen LogP contribution in [0.5, 0.6) is 5.75 Å². The Kier molecular flexibility index (Phi) is 6.50. The Hall–Kier alpha value is -3.05. The molecule has 0 atom stereocenters. The summed E-state index contributed by atoms with van der Waals surface area (Å²) in [6, 6.07) is 19.4. The molecule has 6 heteroatoms. The minimum absolute atomic E-state index is 0.0577. The van der Waals surface area contributed by atoms with Gasteiger partial charge in [0.2, 0.25) is 0 Å². The quantitative estimate of drug-likeness (QED) is 0.559. The summed E-state index contributed by atoms with van der Waals surface area (Å²) in [5, 5.41) is 6.03. The molecular weight excluding hydrogens is 379 g/mol. The number of para-hydroxylation sites is 1. The largest absolute Gasteiger partial charge is 0.483 e. The van der Waals surface area contributed by atoms with Crippen LogP contribution in [0.15, 0.2) is 66.7 Å². The molecule has 3 aromatic rings. The van der Waals surface area contributed by atoms with Crippen LogP contribution in [-0.2, 0) is 11.3 Å². The lowest BCUT2D eigenvalue weighted by atomic mass is 10.2. The fourth-order valence-electron chi connectivity index (χ4n) is 2.57. The van der Waals surface area contributed by atoms with E-state index in [-0.39, 0.29) is 17.5 Å². The van der Waals surface area contributed by atoms with Crippen LogP contribution >= 0.6 is 11.6 Å². The van der Waals surface area contributed by atoms with E-state index in [0.29, 0.717) is 18.0 Å². The van der Waals surface area contributed by atoms with Gasteiger partial charge in [0, 0.05) is 23.5 Å². The Labute approximate surface area is 168 Å². The van der Waals surface area contributed by atoms with Gasteiger partial charge in [-0.25, -0.2) is 4.39 Å². The first-order valence-electron chi connectivity index (χ1n) is 8.77. The number of aryl methyl sites for hydroxylation is 1. The first kappa shape index (κ1) is 19.7. The average Bonchev–Trinajstić information content (AvgIpc) is 2.69. The normalized spacial score (nSPS) is 10.4. The molecule has 2 N–H and O–H groups in total. The third kappa shape index (κ3) is 5.47. The highest BCUT2D eigenvalue weighted by atomic mass is 35.5. The van der Waals surface area contributed by atoms with E-state index < -0.39 is 5.82 Å². The predicted octanol–water partition coefficient (Wildman–Crippen LogP) is 5.42. The van der Waals surface area contributed by atoms with Crippen molar-refractivity contribution in [1.82, 2.24) is 0 Å². The molecule has 3 aromatic carbocycles. The number of anilines is 2. The van der Waals surface area contributed by atoms with E-state index in [1.165, 1.54) is 12.1 Å². The third-order valence-electron chi connectivity index (χ3n) is 4.07.